The SMILES string of the molecule is CC(C)(C)OC(=O)N[C@@H](Cc1ccc(Br)cc1F)C(=O)O. The molecule has 0 aliphatic heterocycles. The molecule has 0 radical (unpaired) electrons. The Morgan fingerprint density at radius 3 is 2.52 bits per heavy atom. The summed E-state index contributed by atoms with van der Waals surface area (Å²) < 4.78 is 19.3. The van der Waals surface area contributed by atoms with E-state index in [1.807, 2.05) is 0 Å². The summed E-state index contributed by atoms with van der Waals surface area (Å²) in [5.41, 5.74) is -0.544. The third-order valence-corrected chi connectivity index (χ3v) is 2.92. The number of carbonyl (C=O) groups is 2. The van der Waals surface area contributed by atoms with E-state index in [0.29, 0.717) is 4.47 Å². The number of nitrogens with one attached hydrogen (secondary N) is 1. The lowest BCUT2D eigenvalue weighted by Gasteiger charge is -2.22. The van der Waals surface area contributed by atoms with Crippen LogP contribution in [0, 0.1) is 5.82 Å². The molecule has 5 nitrogen and oxygen atoms in total. The quantitative estimate of drug-likeness (QED) is 0.863. The minimum Gasteiger partial charge on any atom is -0.480 e. The molecule has 0 fully saturated rings. The van der Waals surface area contributed by atoms with Crippen LogP contribution >= 0.6 is 15.9 Å². The fourth-order valence-corrected chi connectivity index (χ4v) is 1.89. The Balaban J connectivity index is 2.79. The highest BCUT2D eigenvalue weighted by atomic mass is 79.9. The molecule has 116 valence electrons. The molecule has 0 saturated heterocycles. The van der Waals surface area contributed by atoms with Crippen molar-refractivity contribution >= 4 is 28.0 Å². The van der Waals surface area contributed by atoms with E-state index in [9.17, 15) is 14.0 Å². The van der Waals surface area contributed by atoms with Crippen LogP contribution in [0.1, 0.15) is 26.3 Å². The molecule has 0 saturated carbocycles. The average molecular weight is 362 g/mol. The Kier molecular flexibility index (Phi) is 5.71. The highest BCUT2D eigenvalue weighted by Crippen LogP contribution is 2.17. The van der Waals surface area contributed by atoms with Crippen LogP contribution in [0.5, 0.6) is 0 Å². The number of carboxylic acid groups (broad SMARTS) is 1. The smallest absolute Gasteiger partial charge is 0.408 e. The number of aliphatic carboxylic acids is 1. The van der Waals surface area contributed by atoms with Crippen LogP contribution in [0.4, 0.5) is 9.18 Å². The Hall–Kier alpha value is -1.63. The van der Waals surface area contributed by atoms with Gasteiger partial charge in [-0.3, -0.25) is 0 Å². The normalized spacial score (nSPS) is 12.6. The van der Waals surface area contributed by atoms with Crippen LogP contribution in [0.15, 0.2) is 22.7 Å². The number of carboxylic acids is 1. The van der Waals surface area contributed by atoms with Crippen molar-refractivity contribution in [1.82, 2.24) is 5.32 Å². The maximum Gasteiger partial charge on any atom is 0.408 e. The molecule has 1 aromatic rings. The van der Waals surface area contributed by atoms with Crippen LogP contribution < -0.4 is 5.32 Å². The topological polar surface area (TPSA) is 75.6 Å². The van der Waals surface area contributed by atoms with Crippen LogP contribution in [0.3, 0.4) is 0 Å². The molecule has 1 atom stereocenters. The molecule has 0 aromatic heterocycles. The number of alkyl carbamates (subject to hydrolysis) is 1. The summed E-state index contributed by atoms with van der Waals surface area (Å²) in [6, 6.07) is 3.04. The molecular weight excluding hydrogens is 345 g/mol. The summed E-state index contributed by atoms with van der Waals surface area (Å²) in [6.07, 6.45) is -1.03. The van der Waals surface area contributed by atoms with Crippen molar-refractivity contribution in [2.75, 3.05) is 0 Å². The predicted molar refractivity (Wildman–Crippen MR) is 78.6 cm³/mol. The van der Waals surface area contributed by atoms with Crippen molar-refractivity contribution in [3.05, 3.63) is 34.1 Å². The van der Waals surface area contributed by atoms with Crippen molar-refractivity contribution in [1.29, 1.82) is 0 Å². The molecule has 21 heavy (non-hydrogen) atoms. The van der Waals surface area contributed by atoms with Crippen molar-refractivity contribution in [2.45, 2.75) is 38.8 Å². The molecule has 1 rings (SSSR count). The fourth-order valence-electron chi connectivity index (χ4n) is 1.56. The van der Waals surface area contributed by atoms with E-state index in [1.165, 1.54) is 12.1 Å². The van der Waals surface area contributed by atoms with Crippen LogP contribution in [0.25, 0.3) is 0 Å². The Morgan fingerprint density at radius 1 is 1.43 bits per heavy atom. The van der Waals surface area contributed by atoms with Gasteiger partial charge in [-0.05, 0) is 38.5 Å². The number of amides is 1. The zero-order valence-electron chi connectivity index (χ0n) is 11.9. The molecule has 1 amide bonds. The highest BCUT2D eigenvalue weighted by molar-refractivity contribution is 9.10. The van der Waals surface area contributed by atoms with E-state index in [1.54, 1.807) is 26.8 Å². The minimum atomic E-state index is -1.27. The first-order valence-corrected chi connectivity index (χ1v) is 7.04. The van der Waals surface area contributed by atoms with Gasteiger partial charge >= 0.3 is 12.1 Å². The lowest BCUT2D eigenvalue weighted by molar-refractivity contribution is -0.139. The molecule has 0 bridgehead atoms. The molecule has 0 aliphatic carbocycles. The van der Waals surface area contributed by atoms with Gasteiger partial charge in [0.25, 0.3) is 0 Å². The molecular formula is C14H17BrFNO4. The van der Waals surface area contributed by atoms with Gasteiger partial charge in [-0.25, -0.2) is 14.0 Å². The second kappa shape index (κ2) is 6.89. The van der Waals surface area contributed by atoms with E-state index in [-0.39, 0.29) is 12.0 Å². The van der Waals surface area contributed by atoms with Gasteiger partial charge in [-0.2, -0.15) is 0 Å². The summed E-state index contributed by atoms with van der Waals surface area (Å²) in [5.74, 6) is -1.80. The van der Waals surface area contributed by atoms with Crippen LogP contribution in [-0.4, -0.2) is 28.8 Å². The number of halogens is 2. The van der Waals surface area contributed by atoms with Gasteiger partial charge in [0.15, 0.2) is 0 Å². The van der Waals surface area contributed by atoms with Crippen molar-refractivity contribution in [2.24, 2.45) is 0 Å². The second-order valence-corrected chi connectivity index (χ2v) is 6.39. The van der Waals surface area contributed by atoms with Gasteiger partial charge in [0.2, 0.25) is 0 Å². The minimum absolute atomic E-state index is 0.173. The largest absolute Gasteiger partial charge is 0.480 e. The lowest BCUT2D eigenvalue weighted by atomic mass is 10.1. The number of benzene rings is 1. The average Bonchev–Trinajstić information content (AvgIpc) is 2.28. The van der Waals surface area contributed by atoms with E-state index in [2.05, 4.69) is 21.2 Å². The van der Waals surface area contributed by atoms with Gasteiger partial charge in [0.1, 0.15) is 17.5 Å². The number of carbonyl (C=O) groups excluding carboxylic acids is 1. The maximum absolute atomic E-state index is 13.7. The number of rotatable bonds is 4. The second-order valence-electron chi connectivity index (χ2n) is 5.48. The van der Waals surface area contributed by atoms with Crippen LogP contribution in [-0.2, 0) is 16.0 Å². The van der Waals surface area contributed by atoms with Crippen LogP contribution in [0.2, 0.25) is 0 Å². The van der Waals surface area contributed by atoms with Gasteiger partial charge in [0, 0.05) is 10.9 Å². The standard InChI is InChI=1S/C14H17BrFNO4/c1-14(2,3)21-13(20)17-11(12(18)19)6-8-4-5-9(15)7-10(8)16/h4-5,7,11H,6H2,1-3H3,(H,17,20)(H,18,19)/t11-/m0/s1. The first kappa shape index (κ1) is 17.4. The summed E-state index contributed by atoms with van der Waals surface area (Å²) in [6.45, 7) is 4.99. The van der Waals surface area contributed by atoms with Gasteiger partial charge in [-0.1, -0.05) is 22.0 Å². The lowest BCUT2D eigenvalue weighted by Crippen LogP contribution is -2.44. The fraction of sp³-hybridized carbons (Fsp3) is 0.429. The summed E-state index contributed by atoms with van der Waals surface area (Å²) in [4.78, 5) is 22.8. The number of hydrogen-bond acceptors (Lipinski definition) is 3. The third kappa shape index (κ3) is 6.12. The third-order valence-electron chi connectivity index (χ3n) is 2.43. The predicted octanol–water partition coefficient (Wildman–Crippen LogP) is 3.11. The number of ether oxygens (including phenoxy) is 1. The first-order valence-electron chi connectivity index (χ1n) is 6.25. The summed E-state index contributed by atoms with van der Waals surface area (Å²) >= 11 is 3.12. The molecule has 1 aromatic carbocycles. The Labute approximate surface area is 130 Å². The molecule has 2 N–H and O–H groups in total. The van der Waals surface area contributed by atoms with Crippen molar-refractivity contribution in [3.63, 3.8) is 0 Å². The van der Waals surface area contributed by atoms with Gasteiger partial charge in [-0.15, -0.1) is 0 Å². The zero-order valence-corrected chi connectivity index (χ0v) is 13.5. The van der Waals surface area contributed by atoms with Gasteiger partial charge < -0.3 is 15.2 Å². The molecule has 0 aliphatic rings. The number of hydrogen-bond donors (Lipinski definition) is 2. The monoisotopic (exact) mass is 361 g/mol. The maximum atomic E-state index is 13.7. The zero-order chi connectivity index (χ0) is 16.2. The highest BCUT2D eigenvalue weighted by Gasteiger charge is 2.25. The van der Waals surface area contributed by atoms with E-state index < -0.39 is 29.5 Å². The summed E-state index contributed by atoms with van der Waals surface area (Å²) in [7, 11) is 0. The van der Waals surface area contributed by atoms with E-state index in [4.69, 9.17) is 9.84 Å². The molecule has 0 spiro atoms. The Bertz CT molecular complexity index is 542. The summed E-state index contributed by atoms with van der Waals surface area (Å²) in [5, 5.41) is 11.3. The first-order chi connectivity index (χ1) is 9.58. The van der Waals surface area contributed by atoms with E-state index >= 15 is 0 Å². The Morgan fingerprint density at radius 2 is 2.05 bits per heavy atom. The van der Waals surface area contributed by atoms with E-state index in [0.717, 1.165) is 0 Å². The molecule has 0 heterocycles. The molecule has 0 unspecified atom stereocenters. The van der Waals surface area contributed by atoms with Crippen molar-refractivity contribution < 1.29 is 23.8 Å². The van der Waals surface area contributed by atoms with Crippen molar-refractivity contribution in [3.8, 4) is 0 Å². The van der Waals surface area contributed by atoms with Gasteiger partial charge in [0.05, 0.1) is 0 Å². The molecule has 7 heteroatoms.